The number of amides is 2. The van der Waals surface area contributed by atoms with Gasteiger partial charge in [-0.25, -0.2) is 0 Å². The van der Waals surface area contributed by atoms with E-state index in [1.54, 1.807) is 11.8 Å². The SMILES string of the molecule is Cc1ccccc1COc1ccc(Br)cc1[C@H]1c2sc(=O)[nH]c2SC2C3CC(C4C(=O)N(c5ccc([N+](=O)[O-])cc5)C(=O)C34)C21. The Morgan fingerprint density at radius 2 is 1.76 bits per heavy atom. The number of fused-ring (bicyclic) bond motifs is 9. The van der Waals surface area contributed by atoms with Gasteiger partial charge < -0.3 is 9.72 Å². The van der Waals surface area contributed by atoms with Gasteiger partial charge >= 0.3 is 4.87 Å². The number of imide groups is 1. The number of aromatic nitrogens is 1. The standard InChI is InChI=1S/C33H26BrN3O6S2/c1-15-4-2-3-5-16(15)14-43-23-11-6-17(34)12-20(23)24-25-21-13-22(28(25)44-30-29(24)45-33(40)35-30)27-26(21)31(38)36(32(27)39)18-7-9-19(10-8-18)37(41)42/h2-12,21-22,24-28H,13-14H2,1H3,(H,35,40)/t21?,22?,24-,25?,26?,27?,28?/m1/s1. The summed E-state index contributed by atoms with van der Waals surface area (Å²) in [6, 6.07) is 19.7. The van der Waals surface area contributed by atoms with Crippen LogP contribution in [0.2, 0.25) is 0 Å². The van der Waals surface area contributed by atoms with Crippen molar-refractivity contribution >= 4 is 62.2 Å². The second kappa shape index (κ2) is 10.7. The highest BCUT2D eigenvalue weighted by atomic mass is 79.9. The van der Waals surface area contributed by atoms with E-state index in [1.165, 1.54) is 40.5 Å². The molecular formula is C33H26BrN3O6S2. The number of non-ortho nitro benzene ring substituents is 1. The molecule has 4 aliphatic rings. The van der Waals surface area contributed by atoms with Crippen LogP contribution in [0.4, 0.5) is 11.4 Å². The van der Waals surface area contributed by atoms with E-state index in [0.717, 1.165) is 43.2 Å². The van der Waals surface area contributed by atoms with E-state index >= 15 is 0 Å². The molecule has 0 radical (unpaired) electrons. The highest BCUT2D eigenvalue weighted by Gasteiger charge is 2.69. The van der Waals surface area contributed by atoms with E-state index in [9.17, 15) is 24.5 Å². The van der Waals surface area contributed by atoms with Crippen molar-refractivity contribution in [2.24, 2.45) is 29.6 Å². The molecule has 3 heterocycles. The number of nitro benzene ring substituents is 1. The number of nitrogens with one attached hydrogen (secondary N) is 1. The van der Waals surface area contributed by atoms with Crippen molar-refractivity contribution in [3.8, 4) is 5.75 Å². The van der Waals surface area contributed by atoms with Gasteiger partial charge in [-0.1, -0.05) is 51.5 Å². The molecule has 2 saturated carbocycles. The maximum absolute atomic E-state index is 14.1. The van der Waals surface area contributed by atoms with E-state index in [-0.39, 0.29) is 51.3 Å². The maximum Gasteiger partial charge on any atom is 0.305 e. The molecule has 0 spiro atoms. The van der Waals surface area contributed by atoms with Gasteiger partial charge in [0.05, 0.1) is 27.5 Å². The first-order chi connectivity index (χ1) is 21.7. The Kier molecular flexibility index (Phi) is 6.81. The number of thiazole rings is 1. The number of hydrogen-bond acceptors (Lipinski definition) is 8. The number of thioether (sulfide) groups is 1. The minimum atomic E-state index is -0.502. The van der Waals surface area contributed by atoms with E-state index < -0.39 is 16.8 Å². The van der Waals surface area contributed by atoms with Crippen molar-refractivity contribution in [3.05, 3.63) is 113 Å². The number of benzene rings is 3. The minimum absolute atomic E-state index is 0.00359. The van der Waals surface area contributed by atoms with Gasteiger partial charge in [-0.3, -0.25) is 29.4 Å². The number of rotatable bonds is 6. The second-order valence-corrected chi connectivity index (χ2v) is 15.3. The zero-order chi connectivity index (χ0) is 31.1. The number of nitro groups is 1. The predicted octanol–water partition coefficient (Wildman–Crippen LogP) is 6.67. The first kappa shape index (κ1) is 28.7. The summed E-state index contributed by atoms with van der Waals surface area (Å²) in [5.41, 5.74) is 3.44. The fourth-order valence-electron chi connectivity index (χ4n) is 8.16. The van der Waals surface area contributed by atoms with Crippen molar-refractivity contribution in [1.29, 1.82) is 0 Å². The van der Waals surface area contributed by atoms with Gasteiger partial charge in [0.2, 0.25) is 11.8 Å². The normalized spacial score (nSPS) is 27.8. The first-order valence-corrected chi connectivity index (χ1v) is 17.2. The number of carbonyl (C=O) groups excluding carboxylic acids is 2. The summed E-state index contributed by atoms with van der Waals surface area (Å²) >= 11 is 6.51. The average molecular weight is 705 g/mol. The number of aromatic amines is 1. The number of carbonyl (C=O) groups is 2. The molecule has 2 amide bonds. The number of hydrogen-bond donors (Lipinski definition) is 1. The van der Waals surface area contributed by atoms with Crippen molar-refractivity contribution in [1.82, 2.24) is 4.98 Å². The molecule has 1 N–H and O–H groups in total. The highest BCUT2D eigenvalue weighted by Crippen LogP contribution is 2.69. The summed E-state index contributed by atoms with van der Waals surface area (Å²) in [6.07, 6.45) is 0.756. The Morgan fingerprint density at radius 3 is 2.49 bits per heavy atom. The van der Waals surface area contributed by atoms with Crippen LogP contribution in [-0.4, -0.2) is 27.0 Å². The predicted molar refractivity (Wildman–Crippen MR) is 174 cm³/mol. The van der Waals surface area contributed by atoms with Gasteiger partial charge in [-0.15, -0.1) is 11.8 Å². The summed E-state index contributed by atoms with van der Waals surface area (Å²) in [5, 5.41) is 12.0. The van der Waals surface area contributed by atoms with E-state index in [0.29, 0.717) is 12.3 Å². The minimum Gasteiger partial charge on any atom is -0.489 e. The Balaban J connectivity index is 1.19. The third-order valence-electron chi connectivity index (χ3n) is 9.99. The molecule has 228 valence electrons. The monoisotopic (exact) mass is 703 g/mol. The van der Waals surface area contributed by atoms with Crippen LogP contribution in [0.15, 0.2) is 81.0 Å². The summed E-state index contributed by atoms with van der Waals surface area (Å²) in [6.45, 7) is 2.44. The molecule has 12 heteroatoms. The Bertz CT molecular complexity index is 1960. The highest BCUT2D eigenvalue weighted by molar-refractivity contribution is 9.10. The smallest absolute Gasteiger partial charge is 0.305 e. The van der Waals surface area contributed by atoms with Crippen LogP contribution in [0.5, 0.6) is 5.75 Å². The molecule has 7 atom stereocenters. The molecule has 9 nitrogen and oxygen atoms in total. The van der Waals surface area contributed by atoms with Gasteiger partial charge in [0, 0.05) is 38.2 Å². The van der Waals surface area contributed by atoms with Crippen LogP contribution in [0, 0.1) is 46.6 Å². The summed E-state index contributed by atoms with van der Waals surface area (Å²) in [5.74, 6) is -1.02. The van der Waals surface area contributed by atoms with Crippen LogP contribution in [0.25, 0.3) is 0 Å². The van der Waals surface area contributed by atoms with Gasteiger partial charge in [0.15, 0.2) is 0 Å². The van der Waals surface area contributed by atoms with Crippen LogP contribution >= 0.6 is 39.0 Å². The topological polar surface area (TPSA) is 123 Å². The lowest BCUT2D eigenvalue weighted by molar-refractivity contribution is -0.384. The summed E-state index contributed by atoms with van der Waals surface area (Å²) in [4.78, 5) is 56.5. The Labute approximate surface area is 274 Å². The zero-order valence-electron chi connectivity index (χ0n) is 23.8. The van der Waals surface area contributed by atoms with Crippen LogP contribution in [-0.2, 0) is 16.2 Å². The molecule has 3 aromatic carbocycles. The molecule has 1 saturated heterocycles. The van der Waals surface area contributed by atoms with Gasteiger partial charge in [-0.2, -0.15) is 0 Å². The third kappa shape index (κ3) is 4.44. The quantitative estimate of drug-likeness (QED) is 0.135. The molecule has 8 rings (SSSR count). The lowest BCUT2D eigenvalue weighted by atomic mass is 9.68. The van der Waals surface area contributed by atoms with Crippen LogP contribution in [0.1, 0.15) is 33.9 Å². The third-order valence-corrected chi connectivity index (χ3v) is 13.1. The second-order valence-electron chi connectivity index (χ2n) is 12.1. The van der Waals surface area contributed by atoms with E-state index in [1.807, 2.05) is 30.3 Å². The number of ether oxygens (including phenoxy) is 1. The first-order valence-electron chi connectivity index (χ1n) is 14.7. The fourth-order valence-corrected chi connectivity index (χ4v) is 11.4. The van der Waals surface area contributed by atoms with Gasteiger partial charge in [-0.05, 0) is 72.6 Å². The fraction of sp³-hybridized carbons (Fsp3) is 0.303. The van der Waals surface area contributed by atoms with Crippen LogP contribution in [0.3, 0.4) is 0 Å². The number of H-pyrrole nitrogens is 1. The lowest BCUT2D eigenvalue weighted by Gasteiger charge is -2.43. The molecular weight excluding hydrogens is 678 g/mol. The van der Waals surface area contributed by atoms with Crippen molar-refractivity contribution < 1.29 is 19.2 Å². The summed E-state index contributed by atoms with van der Waals surface area (Å²) in [7, 11) is 0. The maximum atomic E-state index is 14.1. The van der Waals surface area contributed by atoms with E-state index in [2.05, 4.69) is 40.0 Å². The molecule has 1 aromatic heterocycles. The Morgan fingerprint density at radius 1 is 1.02 bits per heavy atom. The molecule has 6 unspecified atom stereocenters. The number of nitrogens with zero attached hydrogens (tertiary/aromatic N) is 2. The van der Waals surface area contributed by atoms with Gasteiger partial charge in [0.25, 0.3) is 5.69 Å². The molecule has 2 bridgehead atoms. The van der Waals surface area contributed by atoms with E-state index in [4.69, 9.17) is 4.74 Å². The van der Waals surface area contributed by atoms with Crippen LogP contribution < -0.4 is 14.5 Å². The average Bonchev–Trinajstić information content (AvgIpc) is 3.76. The molecule has 4 aromatic rings. The van der Waals surface area contributed by atoms with Crippen molar-refractivity contribution in [2.45, 2.75) is 36.1 Å². The molecule has 3 fully saturated rings. The number of aryl methyl sites for hydroxylation is 1. The molecule has 45 heavy (non-hydrogen) atoms. The number of halogens is 1. The van der Waals surface area contributed by atoms with Crippen molar-refractivity contribution in [3.63, 3.8) is 0 Å². The lowest BCUT2D eigenvalue weighted by Crippen LogP contribution is -2.42. The van der Waals surface area contributed by atoms with Crippen molar-refractivity contribution in [2.75, 3.05) is 4.90 Å². The largest absolute Gasteiger partial charge is 0.489 e. The molecule has 2 aliphatic carbocycles. The molecule has 2 aliphatic heterocycles. The summed E-state index contributed by atoms with van der Waals surface area (Å²) < 4.78 is 7.39. The zero-order valence-corrected chi connectivity index (χ0v) is 27.1. The Hall–Kier alpha value is -3.74. The van der Waals surface area contributed by atoms with Gasteiger partial charge in [0.1, 0.15) is 12.4 Å². The number of anilines is 1.